The zero-order valence-electron chi connectivity index (χ0n) is 13.4. The largest absolute Gasteiger partial charge is 0.494 e. The third kappa shape index (κ3) is 4.67. The molecule has 1 aromatic heterocycles. The van der Waals surface area contributed by atoms with E-state index in [4.69, 9.17) is 4.74 Å². The Bertz CT molecular complexity index is 727. The van der Waals surface area contributed by atoms with Crippen LogP contribution in [0.1, 0.15) is 27.6 Å². The molecule has 6 heteroatoms. The summed E-state index contributed by atoms with van der Waals surface area (Å²) in [5, 5.41) is 5.39. The van der Waals surface area contributed by atoms with Gasteiger partial charge in [-0.3, -0.25) is 14.6 Å². The fourth-order valence-corrected chi connectivity index (χ4v) is 1.96. The first kappa shape index (κ1) is 17.2. The van der Waals surface area contributed by atoms with Crippen molar-refractivity contribution >= 4 is 17.5 Å². The van der Waals surface area contributed by atoms with Gasteiger partial charge in [0.15, 0.2) is 0 Å². The number of amides is 2. The van der Waals surface area contributed by atoms with Crippen LogP contribution in [0, 0.1) is 0 Å². The maximum Gasteiger partial charge on any atom is 0.257 e. The minimum atomic E-state index is -0.343. The van der Waals surface area contributed by atoms with Gasteiger partial charge in [-0.1, -0.05) is 6.08 Å². The molecule has 0 aliphatic carbocycles. The first-order valence-corrected chi connectivity index (χ1v) is 7.52. The molecule has 1 heterocycles. The van der Waals surface area contributed by atoms with E-state index in [1.54, 1.807) is 30.3 Å². The standard InChI is InChI=1S/C18H19N3O3/c1-3-9-20-17(22)13-10-14(12-19-11-13)18(23)21-15-5-7-16(8-6-15)24-4-2/h3,5-8,10-12H,1,4,9H2,2H3,(H,20,22)(H,21,23). The van der Waals surface area contributed by atoms with Crippen molar-refractivity contribution in [3.05, 3.63) is 66.5 Å². The molecule has 6 nitrogen and oxygen atoms in total. The Kier molecular flexibility index (Phi) is 6.08. The molecule has 0 bridgehead atoms. The average Bonchev–Trinajstić information content (AvgIpc) is 2.61. The van der Waals surface area contributed by atoms with Crippen LogP contribution in [-0.2, 0) is 0 Å². The van der Waals surface area contributed by atoms with Crippen LogP contribution in [0.5, 0.6) is 5.75 Å². The number of hydrogen-bond acceptors (Lipinski definition) is 4. The van der Waals surface area contributed by atoms with E-state index in [2.05, 4.69) is 22.2 Å². The Hall–Kier alpha value is -3.15. The average molecular weight is 325 g/mol. The third-order valence-corrected chi connectivity index (χ3v) is 3.09. The zero-order chi connectivity index (χ0) is 17.4. The normalized spacial score (nSPS) is 9.88. The van der Waals surface area contributed by atoms with Crippen molar-refractivity contribution in [2.75, 3.05) is 18.5 Å². The molecule has 2 N–H and O–H groups in total. The van der Waals surface area contributed by atoms with Crippen LogP contribution in [0.3, 0.4) is 0 Å². The molecular weight excluding hydrogens is 306 g/mol. The number of carbonyl (C=O) groups is 2. The number of carbonyl (C=O) groups excluding carboxylic acids is 2. The van der Waals surface area contributed by atoms with Gasteiger partial charge in [-0.05, 0) is 37.3 Å². The van der Waals surface area contributed by atoms with Crippen LogP contribution in [0.25, 0.3) is 0 Å². The summed E-state index contributed by atoms with van der Waals surface area (Å²) in [6.07, 6.45) is 4.40. The van der Waals surface area contributed by atoms with E-state index in [0.29, 0.717) is 30.0 Å². The van der Waals surface area contributed by atoms with Gasteiger partial charge in [-0.15, -0.1) is 6.58 Å². The molecule has 2 rings (SSSR count). The minimum absolute atomic E-state index is 0.301. The van der Waals surface area contributed by atoms with Gasteiger partial charge in [0, 0.05) is 24.6 Å². The van der Waals surface area contributed by atoms with Crippen molar-refractivity contribution in [2.45, 2.75) is 6.92 Å². The molecule has 0 aliphatic heterocycles. The Balaban J connectivity index is 2.06. The van der Waals surface area contributed by atoms with Crippen molar-refractivity contribution in [1.82, 2.24) is 10.3 Å². The molecule has 0 saturated carbocycles. The maximum absolute atomic E-state index is 12.3. The first-order valence-electron chi connectivity index (χ1n) is 7.52. The van der Waals surface area contributed by atoms with Crippen LogP contribution in [0.4, 0.5) is 5.69 Å². The smallest absolute Gasteiger partial charge is 0.257 e. The van der Waals surface area contributed by atoms with E-state index in [1.165, 1.54) is 18.5 Å². The SMILES string of the molecule is C=CCNC(=O)c1cncc(C(=O)Nc2ccc(OCC)cc2)c1. The number of rotatable bonds is 7. The van der Waals surface area contributed by atoms with Crippen LogP contribution >= 0.6 is 0 Å². The van der Waals surface area contributed by atoms with E-state index in [-0.39, 0.29) is 11.8 Å². The molecule has 124 valence electrons. The molecule has 0 spiro atoms. The Labute approximate surface area is 140 Å². The highest BCUT2D eigenvalue weighted by atomic mass is 16.5. The van der Waals surface area contributed by atoms with Crippen LogP contribution < -0.4 is 15.4 Å². The Morgan fingerprint density at radius 3 is 2.46 bits per heavy atom. The van der Waals surface area contributed by atoms with Crippen molar-refractivity contribution in [1.29, 1.82) is 0 Å². The summed E-state index contributed by atoms with van der Waals surface area (Å²) in [7, 11) is 0. The van der Waals surface area contributed by atoms with E-state index >= 15 is 0 Å². The van der Waals surface area contributed by atoms with Gasteiger partial charge < -0.3 is 15.4 Å². The van der Waals surface area contributed by atoms with Gasteiger partial charge in [0.1, 0.15) is 5.75 Å². The monoisotopic (exact) mass is 325 g/mol. The number of ether oxygens (including phenoxy) is 1. The van der Waals surface area contributed by atoms with Crippen molar-refractivity contribution in [3.63, 3.8) is 0 Å². The third-order valence-electron chi connectivity index (χ3n) is 3.09. The molecular formula is C18H19N3O3. The summed E-state index contributed by atoms with van der Waals surface area (Å²) in [6, 6.07) is 8.54. The lowest BCUT2D eigenvalue weighted by Gasteiger charge is -2.08. The number of anilines is 1. The fourth-order valence-electron chi connectivity index (χ4n) is 1.96. The highest BCUT2D eigenvalue weighted by Crippen LogP contribution is 2.16. The molecule has 1 aromatic carbocycles. The van der Waals surface area contributed by atoms with Gasteiger partial charge in [0.25, 0.3) is 11.8 Å². The fraction of sp³-hybridized carbons (Fsp3) is 0.167. The van der Waals surface area contributed by atoms with E-state index < -0.39 is 0 Å². The van der Waals surface area contributed by atoms with E-state index in [9.17, 15) is 9.59 Å². The second-order valence-corrected chi connectivity index (χ2v) is 4.87. The van der Waals surface area contributed by atoms with E-state index in [0.717, 1.165) is 5.75 Å². The molecule has 0 fully saturated rings. The molecule has 0 radical (unpaired) electrons. The number of nitrogens with zero attached hydrogens (tertiary/aromatic N) is 1. The molecule has 0 atom stereocenters. The summed E-state index contributed by atoms with van der Waals surface area (Å²) < 4.78 is 5.35. The minimum Gasteiger partial charge on any atom is -0.494 e. The Morgan fingerprint density at radius 2 is 1.83 bits per heavy atom. The molecule has 2 amide bonds. The number of nitrogens with one attached hydrogen (secondary N) is 2. The van der Waals surface area contributed by atoms with Crippen molar-refractivity contribution in [2.24, 2.45) is 0 Å². The highest BCUT2D eigenvalue weighted by Gasteiger charge is 2.11. The Morgan fingerprint density at radius 1 is 1.17 bits per heavy atom. The van der Waals surface area contributed by atoms with E-state index in [1.807, 2.05) is 6.92 Å². The summed E-state index contributed by atoms with van der Waals surface area (Å²) in [4.78, 5) is 28.1. The van der Waals surface area contributed by atoms with Crippen LogP contribution in [0.2, 0.25) is 0 Å². The lowest BCUT2D eigenvalue weighted by Crippen LogP contribution is -2.24. The molecule has 0 unspecified atom stereocenters. The lowest BCUT2D eigenvalue weighted by atomic mass is 10.2. The summed E-state index contributed by atoms with van der Waals surface area (Å²) >= 11 is 0. The topological polar surface area (TPSA) is 80.3 Å². The number of pyridine rings is 1. The van der Waals surface area contributed by atoms with Gasteiger partial charge in [0.2, 0.25) is 0 Å². The number of benzene rings is 1. The van der Waals surface area contributed by atoms with Crippen molar-refractivity contribution < 1.29 is 14.3 Å². The lowest BCUT2D eigenvalue weighted by molar-refractivity contribution is 0.0957. The van der Waals surface area contributed by atoms with Crippen LogP contribution in [-0.4, -0.2) is 29.9 Å². The zero-order valence-corrected chi connectivity index (χ0v) is 13.4. The van der Waals surface area contributed by atoms with Gasteiger partial charge in [0.05, 0.1) is 17.7 Å². The molecule has 0 aliphatic rings. The number of hydrogen-bond donors (Lipinski definition) is 2. The van der Waals surface area contributed by atoms with Gasteiger partial charge in [-0.25, -0.2) is 0 Å². The van der Waals surface area contributed by atoms with Crippen molar-refractivity contribution in [3.8, 4) is 5.75 Å². The molecule has 2 aromatic rings. The van der Waals surface area contributed by atoms with Crippen LogP contribution in [0.15, 0.2) is 55.4 Å². The summed E-state index contributed by atoms with van der Waals surface area (Å²) in [5.41, 5.74) is 1.25. The second-order valence-electron chi connectivity index (χ2n) is 4.87. The predicted octanol–water partition coefficient (Wildman–Crippen LogP) is 2.65. The number of aromatic nitrogens is 1. The van der Waals surface area contributed by atoms with Gasteiger partial charge >= 0.3 is 0 Å². The maximum atomic E-state index is 12.3. The summed E-state index contributed by atoms with van der Waals surface area (Å²) in [5.74, 6) is 0.0844. The molecule has 0 saturated heterocycles. The summed E-state index contributed by atoms with van der Waals surface area (Å²) in [6.45, 7) is 6.37. The highest BCUT2D eigenvalue weighted by molar-refractivity contribution is 6.05. The quantitative estimate of drug-likeness (QED) is 0.767. The second kappa shape index (κ2) is 8.47. The first-order chi connectivity index (χ1) is 11.6. The predicted molar refractivity (Wildman–Crippen MR) is 92.3 cm³/mol. The van der Waals surface area contributed by atoms with Gasteiger partial charge in [-0.2, -0.15) is 0 Å². The molecule has 24 heavy (non-hydrogen) atoms.